The van der Waals surface area contributed by atoms with Crippen molar-refractivity contribution in [2.45, 2.75) is 24.9 Å². The lowest BCUT2D eigenvalue weighted by Crippen LogP contribution is -2.51. The molecule has 2 saturated heterocycles. The maximum atomic E-state index is 12.5. The minimum absolute atomic E-state index is 0.00931. The standard InChI is InChI=1S/C21H32N4O3/c1-23-12-14-24(15-13-23)17-21(28)8-5-10-25(11-9-21)19(26)16-22-20(27)18-6-3-2-4-7-18/h2-4,6-7,28H,5,8-17H2,1H3,(H,22,27). The second kappa shape index (κ2) is 9.49. The van der Waals surface area contributed by atoms with Gasteiger partial charge in [0.25, 0.3) is 5.91 Å². The molecule has 154 valence electrons. The van der Waals surface area contributed by atoms with E-state index in [0.717, 1.165) is 32.6 Å². The molecule has 3 rings (SSSR count). The number of carbonyl (C=O) groups is 2. The molecule has 2 N–H and O–H groups in total. The first-order valence-electron chi connectivity index (χ1n) is 10.2. The van der Waals surface area contributed by atoms with Gasteiger partial charge in [-0.3, -0.25) is 14.5 Å². The van der Waals surface area contributed by atoms with Crippen LogP contribution in [0.4, 0.5) is 0 Å². The molecule has 0 aliphatic carbocycles. The quantitative estimate of drug-likeness (QED) is 0.764. The highest BCUT2D eigenvalue weighted by atomic mass is 16.3. The fraction of sp³-hybridized carbons (Fsp3) is 0.619. The van der Waals surface area contributed by atoms with Crippen LogP contribution in [0.1, 0.15) is 29.6 Å². The van der Waals surface area contributed by atoms with E-state index in [2.05, 4.69) is 22.2 Å². The molecule has 28 heavy (non-hydrogen) atoms. The molecule has 2 aliphatic heterocycles. The summed E-state index contributed by atoms with van der Waals surface area (Å²) in [6.07, 6.45) is 2.07. The first-order chi connectivity index (χ1) is 13.5. The van der Waals surface area contributed by atoms with Crippen LogP contribution in [0.5, 0.6) is 0 Å². The summed E-state index contributed by atoms with van der Waals surface area (Å²) in [6, 6.07) is 8.90. The zero-order valence-corrected chi connectivity index (χ0v) is 16.8. The topological polar surface area (TPSA) is 76.1 Å². The fourth-order valence-corrected chi connectivity index (χ4v) is 3.97. The van der Waals surface area contributed by atoms with Gasteiger partial charge in [-0.15, -0.1) is 0 Å². The molecular formula is C21H32N4O3. The first-order valence-corrected chi connectivity index (χ1v) is 10.2. The number of aliphatic hydroxyl groups is 1. The van der Waals surface area contributed by atoms with E-state index in [-0.39, 0.29) is 18.4 Å². The summed E-state index contributed by atoms with van der Waals surface area (Å²) in [7, 11) is 2.12. The summed E-state index contributed by atoms with van der Waals surface area (Å²) in [5.74, 6) is -0.330. The number of hydrogen-bond acceptors (Lipinski definition) is 5. The minimum atomic E-state index is -0.738. The van der Waals surface area contributed by atoms with Gasteiger partial charge in [-0.05, 0) is 38.4 Å². The van der Waals surface area contributed by atoms with Crippen LogP contribution in [-0.2, 0) is 4.79 Å². The smallest absolute Gasteiger partial charge is 0.251 e. The van der Waals surface area contributed by atoms with Crippen molar-refractivity contribution in [3.05, 3.63) is 35.9 Å². The van der Waals surface area contributed by atoms with Gasteiger partial charge in [-0.1, -0.05) is 18.2 Å². The van der Waals surface area contributed by atoms with Crippen LogP contribution in [0.2, 0.25) is 0 Å². The Bertz CT molecular complexity index is 661. The Labute approximate surface area is 167 Å². The lowest BCUT2D eigenvalue weighted by atomic mass is 9.94. The zero-order chi connectivity index (χ0) is 20.0. The molecule has 0 aromatic heterocycles. The van der Waals surface area contributed by atoms with E-state index in [4.69, 9.17) is 0 Å². The Morgan fingerprint density at radius 1 is 1.04 bits per heavy atom. The third-order valence-corrected chi connectivity index (χ3v) is 5.82. The lowest BCUT2D eigenvalue weighted by molar-refractivity contribution is -0.130. The van der Waals surface area contributed by atoms with Gasteiger partial charge in [0.1, 0.15) is 0 Å². The monoisotopic (exact) mass is 388 g/mol. The number of β-amino-alcohol motifs (C(OH)–C–C–N with tert-alkyl or cyclic N) is 1. The molecule has 2 heterocycles. The normalized spacial score (nSPS) is 24.6. The molecule has 0 radical (unpaired) electrons. The van der Waals surface area contributed by atoms with Crippen molar-refractivity contribution in [1.29, 1.82) is 0 Å². The summed E-state index contributed by atoms with van der Waals surface area (Å²) < 4.78 is 0. The van der Waals surface area contributed by atoms with E-state index >= 15 is 0 Å². The van der Waals surface area contributed by atoms with Crippen molar-refractivity contribution in [2.75, 3.05) is 59.4 Å². The van der Waals surface area contributed by atoms with Gasteiger partial charge in [-0.2, -0.15) is 0 Å². The van der Waals surface area contributed by atoms with E-state index in [9.17, 15) is 14.7 Å². The van der Waals surface area contributed by atoms with Crippen molar-refractivity contribution in [3.63, 3.8) is 0 Å². The molecule has 0 spiro atoms. The Morgan fingerprint density at radius 3 is 2.46 bits per heavy atom. The molecule has 1 atom stereocenters. The SMILES string of the molecule is CN1CCN(CC2(O)CCCN(C(=O)CNC(=O)c3ccccc3)CC2)CC1. The number of piperazine rings is 1. The first kappa shape index (κ1) is 20.8. The molecular weight excluding hydrogens is 356 g/mol. The number of hydrogen-bond donors (Lipinski definition) is 2. The average Bonchev–Trinajstić information content (AvgIpc) is 2.90. The second-order valence-electron chi connectivity index (χ2n) is 8.09. The number of amides is 2. The summed E-state index contributed by atoms with van der Waals surface area (Å²) in [6.45, 7) is 5.84. The van der Waals surface area contributed by atoms with Crippen LogP contribution in [-0.4, -0.2) is 96.6 Å². The molecule has 7 heteroatoms. The molecule has 0 bridgehead atoms. The van der Waals surface area contributed by atoms with Gasteiger partial charge in [0.05, 0.1) is 12.1 Å². The highest BCUT2D eigenvalue weighted by Crippen LogP contribution is 2.24. The molecule has 1 unspecified atom stereocenters. The van der Waals surface area contributed by atoms with E-state index in [1.54, 1.807) is 29.2 Å². The third kappa shape index (κ3) is 5.77. The summed E-state index contributed by atoms with van der Waals surface area (Å²) in [5, 5.41) is 13.8. The predicted molar refractivity (Wildman–Crippen MR) is 108 cm³/mol. The number of carbonyl (C=O) groups excluding carboxylic acids is 2. The second-order valence-corrected chi connectivity index (χ2v) is 8.09. The van der Waals surface area contributed by atoms with Gasteiger partial charge >= 0.3 is 0 Å². The minimum Gasteiger partial charge on any atom is -0.388 e. The largest absolute Gasteiger partial charge is 0.388 e. The maximum absolute atomic E-state index is 12.5. The van der Waals surface area contributed by atoms with Gasteiger partial charge in [0, 0.05) is 51.4 Å². The van der Waals surface area contributed by atoms with Crippen LogP contribution in [0.25, 0.3) is 0 Å². The molecule has 2 aliphatic rings. The summed E-state index contributed by atoms with van der Waals surface area (Å²) in [5.41, 5.74) is -0.189. The number of nitrogens with zero attached hydrogens (tertiary/aromatic N) is 3. The highest BCUT2D eigenvalue weighted by Gasteiger charge is 2.33. The van der Waals surface area contributed by atoms with Crippen molar-refractivity contribution in [3.8, 4) is 0 Å². The van der Waals surface area contributed by atoms with Gasteiger partial charge in [0.15, 0.2) is 0 Å². The number of likely N-dealkylation sites (tertiary alicyclic amines) is 1. The van der Waals surface area contributed by atoms with Crippen LogP contribution < -0.4 is 5.32 Å². The van der Waals surface area contributed by atoms with E-state index in [1.165, 1.54) is 0 Å². The highest BCUT2D eigenvalue weighted by molar-refractivity contribution is 5.96. The predicted octanol–water partition coefficient (Wildman–Crippen LogP) is 0.407. The number of rotatable bonds is 5. The van der Waals surface area contributed by atoms with Crippen molar-refractivity contribution in [1.82, 2.24) is 20.0 Å². The van der Waals surface area contributed by atoms with Crippen LogP contribution in [0.15, 0.2) is 30.3 Å². The number of likely N-dealkylation sites (N-methyl/N-ethyl adjacent to an activating group) is 1. The number of benzene rings is 1. The molecule has 7 nitrogen and oxygen atoms in total. The Balaban J connectivity index is 1.46. The average molecular weight is 389 g/mol. The molecule has 0 saturated carbocycles. The van der Waals surface area contributed by atoms with Gasteiger partial charge in [-0.25, -0.2) is 0 Å². The van der Waals surface area contributed by atoms with Crippen molar-refractivity contribution < 1.29 is 14.7 Å². The van der Waals surface area contributed by atoms with Crippen molar-refractivity contribution >= 4 is 11.8 Å². The summed E-state index contributed by atoms with van der Waals surface area (Å²) in [4.78, 5) is 31.1. The van der Waals surface area contributed by atoms with Gasteiger partial charge < -0.3 is 20.2 Å². The molecule has 1 aromatic rings. The maximum Gasteiger partial charge on any atom is 0.251 e. The van der Waals surface area contributed by atoms with Crippen LogP contribution >= 0.6 is 0 Å². The van der Waals surface area contributed by atoms with Crippen LogP contribution in [0.3, 0.4) is 0 Å². The summed E-state index contributed by atoms with van der Waals surface area (Å²) >= 11 is 0. The van der Waals surface area contributed by atoms with Gasteiger partial charge in [0.2, 0.25) is 5.91 Å². The third-order valence-electron chi connectivity index (χ3n) is 5.82. The molecule has 2 amide bonds. The zero-order valence-electron chi connectivity index (χ0n) is 16.8. The van der Waals surface area contributed by atoms with E-state index < -0.39 is 5.60 Å². The number of nitrogens with one attached hydrogen (secondary N) is 1. The fourth-order valence-electron chi connectivity index (χ4n) is 3.97. The van der Waals surface area contributed by atoms with Crippen molar-refractivity contribution in [2.24, 2.45) is 0 Å². The lowest BCUT2D eigenvalue weighted by Gasteiger charge is -2.38. The molecule has 2 fully saturated rings. The van der Waals surface area contributed by atoms with Crippen LogP contribution in [0, 0.1) is 0 Å². The Morgan fingerprint density at radius 2 is 1.75 bits per heavy atom. The molecule has 1 aromatic carbocycles. The Kier molecular flexibility index (Phi) is 7.04. The van der Waals surface area contributed by atoms with E-state index in [0.29, 0.717) is 38.0 Å². The Hall–Kier alpha value is -1.96. The van der Waals surface area contributed by atoms with E-state index in [1.807, 2.05) is 6.07 Å².